The summed E-state index contributed by atoms with van der Waals surface area (Å²) < 4.78 is 0. The number of benzene rings is 1. The summed E-state index contributed by atoms with van der Waals surface area (Å²) in [4.78, 5) is 0. The first-order valence-electron chi connectivity index (χ1n) is 4.31. The lowest BCUT2D eigenvalue weighted by atomic mass is 10.1. The minimum absolute atomic E-state index is 0.451. The van der Waals surface area contributed by atoms with Crippen molar-refractivity contribution in [2.75, 3.05) is 0 Å². The van der Waals surface area contributed by atoms with Crippen molar-refractivity contribution in [3.8, 4) is 0 Å². The predicted molar refractivity (Wildman–Crippen MR) is 61.8 cm³/mol. The van der Waals surface area contributed by atoms with Crippen LogP contribution in [0, 0.1) is 0 Å². The number of aliphatic hydroxyl groups excluding tert-OH is 1. The van der Waals surface area contributed by atoms with E-state index in [2.05, 4.69) is 0 Å². The fourth-order valence-corrected chi connectivity index (χ4v) is 1.58. The van der Waals surface area contributed by atoms with Crippen molar-refractivity contribution in [3.05, 3.63) is 39.4 Å². The largest absolute Gasteiger partial charge is 0.389 e. The molecule has 0 amide bonds. The summed E-state index contributed by atoms with van der Waals surface area (Å²) in [6.07, 6.45) is 1.41. The van der Waals surface area contributed by atoms with Crippen LogP contribution in [0.4, 0.5) is 0 Å². The Bertz CT molecular complexity index is 336. The highest BCUT2D eigenvalue weighted by molar-refractivity contribution is 6.34. The molecule has 0 fully saturated rings. The first-order valence-corrected chi connectivity index (χ1v) is 5.07. The second-order valence-corrected chi connectivity index (χ2v) is 4.14. The summed E-state index contributed by atoms with van der Waals surface area (Å²) in [6.45, 7) is 3.58. The van der Waals surface area contributed by atoms with Gasteiger partial charge >= 0.3 is 0 Å². The van der Waals surface area contributed by atoms with Gasteiger partial charge in [-0.3, -0.25) is 0 Å². The van der Waals surface area contributed by atoms with Gasteiger partial charge in [-0.2, -0.15) is 0 Å². The van der Waals surface area contributed by atoms with Crippen LogP contribution in [-0.4, -0.2) is 11.2 Å². The van der Waals surface area contributed by atoms with E-state index in [0.29, 0.717) is 10.0 Å². The molecule has 1 atom stereocenters. The number of rotatable bonds is 2. The number of halogens is 2. The van der Waals surface area contributed by atoms with Crippen LogP contribution in [0.5, 0.6) is 0 Å². The highest BCUT2D eigenvalue weighted by Crippen LogP contribution is 2.21. The van der Waals surface area contributed by atoms with Gasteiger partial charge in [0, 0.05) is 10.0 Å². The van der Waals surface area contributed by atoms with Crippen LogP contribution < -0.4 is 0 Å². The third-order valence-corrected chi connectivity index (χ3v) is 2.37. The zero-order chi connectivity index (χ0) is 10.7. The Balaban J connectivity index is 3.02. The third kappa shape index (κ3) is 3.33. The van der Waals surface area contributed by atoms with E-state index in [9.17, 15) is 5.11 Å². The number of aliphatic hydroxyl groups is 1. The topological polar surface area (TPSA) is 20.2 Å². The van der Waals surface area contributed by atoms with E-state index in [1.165, 1.54) is 0 Å². The van der Waals surface area contributed by atoms with Crippen molar-refractivity contribution in [1.29, 1.82) is 0 Å². The molecule has 3 heteroatoms. The van der Waals surface area contributed by atoms with E-state index in [-0.39, 0.29) is 0 Å². The van der Waals surface area contributed by atoms with Gasteiger partial charge in [0.15, 0.2) is 0 Å². The molecular formula is C11H12Cl2O. The molecular weight excluding hydrogens is 219 g/mol. The Morgan fingerprint density at radius 2 is 1.79 bits per heavy atom. The zero-order valence-electron chi connectivity index (χ0n) is 8.09. The van der Waals surface area contributed by atoms with Crippen molar-refractivity contribution in [1.82, 2.24) is 0 Å². The summed E-state index contributed by atoms with van der Waals surface area (Å²) in [7, 11) is 0. The van der Waals surface area contributed by atoms with Crippen LogP contribution in [0.15, 0.2) is 23.8 Å². The summed E-state index contributed by atoms with van der Waals surface area (Å²) in [5.41, 5.74) is 1.78. The Labute approximate surface area is 94.0 Å². The second kappa shape index (κ2) is 4.83. The Morgan fingerprint density at radius 1 is 1.29 bits per heavy atom. The van der Waals surface area contributed by atoms with Gasteiger partial charge in [0.05, 0.1) is 6.10 Å². The van der Waals surface area contributed by atoms with Crippen molar-refractivity contribution < 1.29 is 5.11 Å². The molecule has 0 aliphatic heterocycles. The van der Waals surface area contributed by atoms with Gasteiger partial charge in [0.2, 0.25) is 0 Å². The number of hydrogen-bond acceptors (Lipinski definition) is 1. The van der Waals surface area contributed by atoms with E-state index < -0.39 is 6.10 Å². The van der Waals surface area contributed by atoms with Gasteiger partial charge in [-0.05, 0) is 43.2 Å². The van der Waals surface area contributed by atoms with Crippen molar-refractivity contribution in [3.63, 3.8) is 0 Å². The first-order chi connectivity index (χ1) is 6.49. The predicted octanol–water partition coefficient (Wildman–Crippen LogP) is 3.78. The van der Waals surface area contributed by atoms with Crippen LogP contribution in [-0.2, 0) is 0 Å². The van der Waals surface area contributed by atoms with Crippen LogP contribution >= 0.6 is 23.2 Å². The van der Waals surface area contributed by atoms with Gasteiger partial charge in [-0.1, -0.05) is 29.3 Å². The smallest absolute Gasteiger partial charge is 0.0722 e. The van der Waals surface area contributed by atoms with Crippen molar-refractivity contribution in [2.24, 2.45) is 0 Å². The molecule has 0 saturated heterocycles. The van der Waals surface area contributed by atoms with E-state index in [1.54, 1.807) is 25.1 Å². The maximum absolute atomic E-state index is 9.29. The lowest BCUT2D eigenvalue weighted by Crippen LogP contribution is -2.00. The lowest BCUT2D eigenvalue weighted by molar-refractivity contribution is 0.232. The fraction of sp³-hybridized carbons (Fsp3) is 0.273. The Morgan fingerprint density at radius 3 is 2.21 bits per heavy atom. The molecule has 0 aliphatic carbocycles. The van der Waals surface area contributed by atoms with Gasteiger partial charge in [0.25, 0.3) is 0 Å². The van der Waals surface area contributed by atoms with Crippen LogP contribution in [0.3, 0.4) is 0 Å². The first kappa shape index (κ1) is 11.6. The van der Waals surface area contributed by atoms with E-state index >= 15 is 0 Å². The van der Waals surface area contributed by atoms with Crippen molar-refractivity contribution >= 4 is 29.3 Å². The third-order valence-electron chi connectivity index (χ3n) is 1.94. The molecule has 14 heavy (non-hydrogen) atoms. The Hall–Kier alpha value is -0.500. The molecule has 76 valence electrons. The fourth-order valence-electron chi connectivity index (χ4n) is 1.04. The van der Waals surface area contributed by atoms with Gasteiger partial charge in [-0.15, -0.1) is 0 Å². The quantitative estimate of drug-likeness (QED) is 0.821. The molecule has 0 spiro atoms. The van der Waals surface area contributed by atoms with Crippen molar-refractivity contribution in [2.45, 2.75) is 20.0 Å². The minimum atomic E-state index is -0.451. The standard InChI is InChI=1S/C11H12Cl2O/c1-7(8(2)14)3-9-4-10(12)6-11(13)5-9/h3-6,8,14H,1-2H3/b7-3+. The number of hydrogen-bond donors (Lipinski definition) is 1. The molecule has 1 unspecified atom stereocenters. The average Bonchev–Trinajstić information content (AvgIpc) is 2.01. The van der Waals surface area contributed by atoms with E-state index in [1.807, 2.05) is 13.0 Å². The molecule has 1 aromatic rings. The maximum Gasteiger partial charge on any atom is 0.0722 e. The summed E-state index contributed by atoms with van der Waals surface area (Å²) >= 11 is 11.7. The molecule has 0 heterocycles. The molecule has 0 aliphatic rings. The summed E-state index contributed by atoms with van der Waals surface area (Å²) in [5, 5.41) is 10.5. The maximum atomic E-state index is 9.29. The summed E-state index contributed by atoms with van der Waals surface area (Å²) in [5.74, 6) is 0. The molecule has 0 bridgehead atoms. The Kier molecular flexibility index (Phi) is 3.99. The van der Waals surface area contributed by atoms with Gasteiger partial charge in [0.1, 0.15) is 0 Å². The molecule has 0 saturated carbocycles. The van der Waals surface area contributed by atoms with Crippen LogP contribution in [0.2, 0.25) is 10.0 Å². The minimum Gasteiger partial charge on any atom is -0.389 e. The van der Waals surface area contributed by atoms with E-state index in [4.69, 9.17) is 23.2 Å². The normalized spacial score (nSPS) is 14.2. The molecule has 0 aromatic heterocycles. The highest BCUT2D eigenvalue weighted by atomic mass is 35.5. The molecule has 1 rings (SSSR count). The lowest BCUT2D eigenvalue weighted by Gasteiger charge is -2.04. The van der Waals surface area contributed by atoms with Crippen LogP contribution in [0.1, 0.15) is 19.4 Å². The second-order valence-electron chi connectivity index (χ2n) is 3.27. The molecule has 1 aromatic carbocycles. The van der Waals surface area contributed by atoms with Crippen LogP contribution in [0.25, 0.3) is 6.08 Å². The van der Waals surface area contributed by atoms with E-state index in [0.717, 1.165) is 11.1 Å². The van der Waals surface area contributed by atoms with Gasteiger partial charge in [-0.25, -0.2) is 0 Å². The zero-order valence-corrected chi connectivity index (χ0v) is 9.60. The SMILES string of the molecule is C/C(=C\c1cc(Cl)cc(Cl)c1)C(C)O. The highest BCUT2D eigenvalue weighted by Gasteiger charge is 2.00. The molecule has 1 N–H and O–H groups in total. The van der Waals surface area contributed by atoms with Gasteiger partial charge < -0.3 is 5.11 Å². The molecule has 0 radical (unpaired) electrons. The average molecular weight is 231 g/mol. The monoisotopic (exact) mass is 230 g/mol. The molecule has 1 nitrogen and oxygen atoms in total. The summed E-state index contributed by atoms with van der Waals surface area (Å²) in [6, 6.07) is 5.29.